The van der Waals surface area contributed by atoms with Crippen molar-refractivity contribution in [1.29, 1.82) is 0 Å². The van der Waals surface area contributed by atoms with Gasteiger partial charge in [0.25, 0.3) is 5.91 Å². The average molecular weight is 510 g/mol. The van der Waals surface area contributed by atoms with Crippen LogP contribution in [0.25, 0.3) is 0 Å². The van der Waals surface area contributed by atoms with Crippen molar-refractivity contribution in [1.82, 2.24) is 10.2 Å². The van der Waals surface area contributed by atoms with Crippen molar-refractivity contribution in [2.45, 2.75) is 46.6 Å². The summed E-state index contributed by atoms with van der Waals surface area (Å²) in [5, 5.41) is 6.69. The molecule has 1 heterocycles. The Morgan fingerprint density at radius 2 is 1.89 bits per heavy atom. The largest absolute Gasteiger partial charge is 0.494 e. The van der Waals surface area contributed by atoms with Gasteiger partial charge in [0, 0.05) is 24.0 Å². The third-order valence-electron chi connectivity index (χ3n) is 5.88. The summed E-state index contributed by atoms with van der Waals surface area (Å²) in [6.45, 7) is 8.93. The van der Waals surface area contributed by atoms with E-state index in [0.29, 0.717) is 35.2 Å². The fourth-order valence-electron chi connectivity index (χ4n) is 3.71. The molecule has 36 heavy (non-hydrogen) atoms. The second-order valence-corrected chi connectivity index (χ2v) is 9.63. The number of carbonyl (C=O) groups excluding carboxylic acids is 2. The number of esters is 1. The topological polar surface area (TPSA) is 79.9 Å². The number of hydrogen-bond acceptors (Lipinski definition) is 5. The Kier molecular flexibility index (Phi) is 9.47. The lowest BCUT2D eigenvalue weighted by atomic mass is 9.94. The normalized spacial score (nSPS) is 15.6. The number of allylic oxidation sites excluding steroid dienone is 1. The molecule has 1 amide bonds. The Balaban J connectivity index is 1.79. The first-order chi connectivity index (χ1) is 17.2. The third kappa shape index (κ3) is 6.85. The number of ether oxygens (including phenoxy) is 2. The molecule has 0 radical (unpaired) electrons. The third-order valence-corrected chi connectivity index (χ3v) is 6.27. The lowest BCUT2D eigenvalue weighted by molar-refractivity contribution is -0.140. The van der Waals surface area contributed by atoms with Crippen LogP contribution in [-0.4, -0.2) is 42.2 Å². The van der Waals surface area contributed by atoms with E-state index in [2.05, 4.69) is 17.6 Å². The van der Waals surface area contributed by atoms with Crippen LogP contribution in [0.1, 0.15) is 62.5 Å². The number of rotatable bonds is 10. The first-order valence-corrected chi connectivity index (χ1v) is 12.7. The van der Waals surface area contributed by atoms with Crippen molar-refractivity contribution < 1.29 is 19.1 Å². The van der Waals surface area contributed by atoms with E-state index in [1.807, 2.05) is 52.1 Å². The molecule has 8 heteroatoms. The standard InChI is InChI=1S/C28H35N3O4S/c1-6-7-15-34-23-13-11-20(12-14-23)26(32)29-22-10-8-9-21(16-22)25-24(27(33)35-17-18(2)3)19(4)31(5)28(36)30-25/h8-14,16,18,25H,6-7,15,17H2,1-5H3,(H,29,32)(H,30,36). The van der Waals surface area contributed by atoms with Gasteiger partial charge in [0.2, 0.25) is 0 Å². The summed E-state index contributed by atoms with van der Waals surface area (Å²) < 4.78 is 11.2. The van der Waals surface area contributed by atoms with Gasteiger partial charge in [-0.15, -0.1) is 0 Å². The van der Waals surface area contributed by atoms with E-state index in [0.717, 1.165) is 29.9 Å². The van der Waals surface area contributed by atoms with Crippen LogP contribution in [0.15, 0.2) is 59.8 Å². The molecule has 0 spiro atoms. The molecule has 0 saturated carbocycles. The molecule has 2 aromatic carbocycles. The van der Waals surface area contributed by atoms with Crippen molar-refractivity contribution in [2.24, 2.45) is 5.92 Å². The van der Waals surface area contributed by atoms with E-state index >= 15 is 0 Å². The summed E-state index contributed by atoms with van der Waals surface area (Å²) >= 11 is 5.49. The number of nitrogens with zero attached hydrogens (tertiary/aromatic N) is 1. The molecule has 0 saturated heterocycles. The quantitative estimate of drug-likeness (QED) is 0.250. The van der Waals surface area contributed by atoms with Crippen LogP contribution in [0.2, 0.25) is 0 Å². The SMILES string of the molecule is CCCCOc1ccc(C(=O)Nc2cccc(C3NC(=S)N(C)C(C)=C3C(=O)OCC(C)C)c2)cc1. The molecule has 0 aliphatic carbocycles. The fourth-order valence-corrected chi connectivity index (χ4v) is 3.96. The Hall–Kier alpha value is -3.39. The Morgan fingerprint density at radius 3 is 2.56 bits per heavy atom. The number of unbranched alkanes of at least 4 members (excludes halogenated alkanes) is 1. The minimum Gasteiger partial charge on any atom is -0.494 e. The highest BCUT2D eigenvalue weighted by Gasteiger charge is 2.33. The zero-order valence-corrected chi connectivity index (χ0v) is 22.4. The van der Waals surface area contributed by atoms with Gasteiger partial charge in [-0.1, -0.05) is 39.3 Å². The van der Waals surface area contributed by atoms with Gasteiger partial charge >= 0.3 is 5.97 Å². The molecule has 0 bridgehead atoms. The number of amides is 1. The molecule has 3 rings (SSSR count). The zero-order chi connectivity index (χ0) is 26.2. The Bertz CT molecular complexity index is 1130. The van der Waals surface area contributed by atoms with Crippen molar-refractivity contribution in [3.63, 3.8) is 0 Å². The predicted molar refractivity (Wildman–Crippen MR) is 146 cm³/mol. The monoisotopic (exact) mass is 509 g/mol. The van der Waals surface area contributed by atoms with Gasteiger partial charge in [0.05, 0.1) is 24.8 Å². The van der Waals surface area contributed by atoms with Gasteiger partial charge < -0.3 is 25.0 Å². The second kappa shape index (κ2) is 12.5. The van der Waals surface area contributed by atoms with Crippen molar-refractivity contribution >= 4 is 34.9 Å². The highest BCUT2D eigenvalue weighted by Crippen LogP contribution is 2.32. The number of benzene rings is 2. The van der Waals surface area contributed by atoms with E-state index in [1.165, 1.54) is 0 Å². The summed E-state index contributed by atoms with van der Waals surface area (Å²) in [6.07, 6.45) is 2.05. The van der Waals surface area contributed by atoms with Gasteiger partial charge in [-0.05, 0) is 73.4 Å². The highest BCUT2D eigenvalue weighted by atomic mass is 32.1. The van der Waals surface area contributed by atoms with Crippen molar-refractivity contribution in [3.05, 3.63) is 70.9 Å². The summed E-state index contributed by atoms with van der Waals surface area (Å²) in [4.78, 5) is 27.7. The van der Waals surface area contributed by atoms with E-state index in [9.17, 15) is 9.59 Å². The first-order valence-electron chi connectivity index (χ1n) is 12.3. The molecule has 1 unspecified atom stereocenters. The van der Waals surface area contributed by atoms with Crippen LogP contribution in [0.4, 0.5) is 5.69 Å². The van der Waals surface area contributed by atoms with Gasteiger partial charge in [-0.25, -0.2) is 4.79 Å². The van der Waals surface area contributed by atoms with Gasteiger partial charge in [-0.3, -0.25) is 4.79 Å². The van der Waals surface area contributed by atoms with Crippen LogP contribution >= 0.6 is 12.2 Å². The molecule has 7 nitrogen and oxygen atoms in total. The second-order valence-electron chi connectivity index (χ2n) is 9.24. The molecule has 0 fully saturated rings. The average Bonchev–Trinajstić information content (AvgIpc) is 2.86. The molecule has 192 valence electrons. The summed E-state index contributed by atoms with van der Waals surface area (Å²) in [5.74, 6) is 0.343. The molecule has 1 aliphatic rings. The molecular weight excluding hydrogens is 474 g/mol. The van der Waals surface area contributed by atoms with Crippen LogP contribution in [0.5, 0.6) is 5.75 Å². The van der Waals surface area contributed by atoms with Gasteiger partial charge in [0.1, 0.15) is 5.75 Å². The maximum Gasteiger partial charge on any atom is 0.338 e. The fraction of sp³-hybridized carbons (Fsp3) is 0.393. The lowest BCUT2D eigenvalue weighted by Crippen LogP contribution is -2.46. The molecule has 1 aliphatic heterocycles. The minimum absolute atomic E-state index is 0.221. The van der Waals surface area contributed by atoms with Crippen LogP contribution in [0, 0.1) is 5.92 Å². The van der Waals surface area contributed by atoms with Crippen molar-refractivity contribution in [2.75, 3.05) is 25.6 Å². The van der Waals surface area contributed by atoms with Gasteiger partial charge in [0.15, 0.2) is 5.11 Å². The smallest absolute Gasteiger partial charge is 0.338 e. The number of carbonyl (C=O) groups is 2. The highest BCUT2D eigenvalue weighted by molar-refractivity contribution is 7.80. The minimum atomic E-state index is -0.496. The van der Waals surface area contributed by atoms with Crippen LogP contribution < -0.4 is 15.4 Å². The molecule has 0 aromatic heterocycles. The van der Waals surface area contributed by atoms with Crippen molar-refractivity contribution in [3.8, 4) is 5.75 Å². The first kappa shape index (κ1) is 27.2. The maximum absolute atomic E-state index is 13.0. The summed E-state index contributed by atoms with van der Waals surface area (Å²) in [6, 6.07) is 14.0. The molecule has 2 aromatic rings. The number of nitrogens with one attached hydrogen (secondary N) is 2. The summed E-state index contributed by atoms with van der Waals surface area (Å²) in [7, 11) is 1.81. The Labute approximate surface area is 218 Å². The van der Waals surface area contributed by atoms with Gasteiger partial charge in [-0.2, -0.15) is 0 Å². The van der Waals surface area contributed by atoms with Crippen LogP contribution in [-0.2, 0) is 9.53 Å². The van der Waals surface area contributed by atoms with E-state index in [4.69, 9.17) is 21.7 Å². The Morgan fingerprint density at radius 1 is 1.17 bits per heavy atom. The lowest BCUT2D eigenvalue weighted by Gasteiger charge is -2.35. The number of anilines is 1. The molecule has 1 atom stereocenters. The summed E-state index contributed by atoms with van der Waals surface area (Å²) in [5.41, 5.74) is 3.15. The molecular formula is C28H35N3O4S. The van der Waals surface area contributed by atoms with E-state index in [1.54, 1.807) is 29.2 Å². The maximum atomic E-state index is 13.0. The van der Waals surface area contributed by atoms with E-state index in [-0.39, 0.29) is 17.8 Å². The zero-order valence-electron chi connectivity index (χ0n) is 21.6. The van der Waals surface area contributed by atoms with E-state index < -0.39 is 6.04 Å². The number of hydrogen-bond donors (Lipinski definition) is 2. The predicted octanol–water partition coefficient (Wildman–Crippen LogP) is 5.45. The van der Waals surface area contributed by atoms with Crippen LogP contribution in [0.3, 0.4) is 0 Å². The number of thiocarbonyl (C=S) groups is 1. The molecule has 2 N–H and O–H groups in total.